The molecule has 0 aliphatic heterocycles. The average Bonchev–Trinajstić information content (AvgIpc) is 3.01. The first-order chi connectivity index (χ1) is 7.16. The van der Waals surface area contributed by atoms with E-state index >= 15 is 0 Å². The lowest BCUT2D eigenvalue weighted by Crippen LogP contribution is -2.34. The van der Waals surface area contributed by atoms with E-state index in [0.29, 0.717) is 11.8 Å². The van der Waals surface area contributed by atoms with Gasteiger partial charge in [-0.2, -0.15) is 0 Å². The molecule has 0 atom stereocenters. The van der Waals surface area contributed by atoms with Gasteiger partial charge in [0.05, 0.1) is 0 Å². The van der Waals surface area contributed by atoms with Crippen molar-refractivity contribution in [2.75, 3.05) is 13.1 Å². The standard InChI is InChI=1S/C13H21NO/c1-10(2)7-8-14(9-11-3-4-11)13(15)12-5-6-12/h7,11-12H,3-6,8-9H2,1-2H3. The Morgan fingerprint density at radius 1 is 1.27 bits per heavy atom. The van der Waals surface area contributed by atoms with E-state index in [2.05, 4.69) is 24.8 Å². The quantitative estimate of drug-likeness (QED) is 0.635. The number of rotatable bonds is 5. The van der Waals surface area contributed by atoms with E-state index in [9.17, 15) is 4.79 Å². The predicted octanol–water partition coefficient (Wildman–Crippen LogP) is 2.60. The highest BCUT2D eigenvalue weighted by Gasteiger charge is 2.35. The van der Waals surface area contributed by atoms with Crippen LogP contribution in [0.2, 0.25) is 0 Å². The molecule has 0 spiro atoms. The molecule has 0 unspecified atom stereocenters. The molecule has 2 fully saturated rings. The number of amides is 1. The van der Waals surface area contributed by atoms with E-state index < -0.39 is 0 Å². The van der Waals surface area contributed by atoms with Gasteiger partial charge >= 0.3 is 0 Å². The van der Waals surface area contributed by atoms with Crippen molar-refractivity contribution >= 4 is 5.91 Å². The summed E-state index contributed by atoms with van der Waals surface area (Å²) in [5.41, 5.74) is 1.30. The molecular weight excluding hydrogens is 186 g/mol. The molecule has 0 heterocycles. The minimum absolute atomic E-state index is 0.370. The number of allylic oxidation sites excluding steroid dienone is 1. The zero-order valence-corrected chi connectivity index (χ0v) is 9.83. The maximum Gasteiger partial charge on any atom is 0.225 e. The molecule has 1 amide bonds. The highest BCUT2D eigenvalue weighted by atomic mass is 16.2. The second kappa shape index (κ2) is 4.38. The van der Waals surface area contributed by atoms with Gasteiger partial charge in [-0.15, -0.1) is 0 Å². The van der Waals surface area contributed by atoms with Gasteiger partial charge in [-0.25, -0.2) is 0 Å². The van der Waals surface area contributed by atoms with Crippen molar-refractivity contribution < 1.29 is 4.79 Å². The van der Waals surface area contributed by atoms with E-state index in [4.69, 9.17) is 0 Å². The Balaban J connectivity index is 1.88. The highest BCUT2D eigenvalue weighted by Crippen LogP contribution is 2.34. The maximum absolute atomic E-state index is 12.0. The fraction of sp³-hybridized carbons (Fsp3) is 0.769. The zero-order valence-electron chi connectivity index (χ0n) is 9.83. The predicted molar refractivity (Wildman–Crippen MR) is 61.5 cm³/mol. The van der Waals surface area contributed by atoms with Crippen LogP contribution in [0.15, 0.2) is 11.6 Å². The number of hydrogen-bond donors (Lipinski definition) is 0. The minimum atomic E-state index is 0.370. The lowest BCUT2D eigenvalue weighted by atomic mass is 10.2. The molecule has 2 rings (SSSR count). The van der Waals surface area contributed by atoms with Crippen molar-refractivity contribution in [3.63, 3.8) is 0 Å². The zero-order chi connectivity index (χ0) is 10.8. The first kappa shape index (κ1) is 10.7. The normalized spacial score (nSPS) is 19.9. The molecule has 0 aromatic rings. The van der Waals surface area contributed by atoms with E-state index in [1.807, 2.05) is 0 Å². The molecule has 0 saturated heterocycles. The Labute approximate surface area is 92.3 Å². The van der Waals surface area contributed by atoms with Gasteiger partial charge in [0.2, 0.25) is 5.91 Å². The monoisotopic (exact) mass is 207 g/mol. The molecule has 0 aromatic heterocycles. The molecular formula is C13H21NO. The number of nitrogens with zero attached hydrogens (tertiary/aromatic N) is 1. The number of carbonyl (C=O) groups excluding carboxylic acids is 1. The third kappa shape index (κ3) is 3.37. The molecule has 0 N–H and O–H groups in total. The van der Waals surface area contributed by atoms with Crippen molar-refractivity contribution in [2.24, 2.45) is 11.8 Å². The van der Waals surface area contributed by atoms with E-state index in [1.54, 1.807) is 0 Å². The third-order valence-electron chi connectivity index (χ3n) is 3.13. The van der Waals surface area contributed by atoms with E-state index in [1.165, 1.54) is 18.4 Å². The molecule has 2 heteroatoms. The summed E-state index contributed by atoms with van der Waals surface area (Å²) in [7, 11) is 0. The van der Waals surface area contributed by atoms with Gasteiger partial charge in [0, 0.05) is 19.0 Å². The second-order valence-corrected chi connectivity index (χ2v) is 5.24. The number of carbonyl (C=O) groups is 1. The maximum atomic E-state index is 12.0. The summed E-state index contributed by atoms with van der Waals surface area (Å²) in [6.45, 7) is 6.01. The smallest absolute Gasteiger partial charge is 0.225 e. The second-order valence-electron chi connectivity index (χ2n) is 5.24. The van der Waals surface area contributed by atoms with Gasteiger partial charge in [0.25, 0.3) is 0 Å². The fourth-order valence-electron chi connectivity index (χ4n) is 1.75. The largest absolute Gasteiger partial charge is 0.338 e. The van der Waals surface area contributed by atoms with Crippen LogP contribution in [0.25, 0.3) is 0 Å². The van der Waals surface area contributed by atoms with Gasteiger partial charge in [0.1, 0.15) is 0 Å². The average molecular weight is 207 g/mol. The van der Waals surface area contributed by atoms with E-state index in [0.717, 1.165) is 31.8 Å². The molecule has 0 bridgehead atoms. The molecule has 2 aliphatic carbocycles. The third-order valence-corrected chi connectivity index (χ3v) is 3.13. The summed E-state index contributed by atoms with van der Waals surface area (Å²) in [5, 5.41) is 0. The van der Waals surface area contributed by atoms with Crippen molar-refractivity contribution in [3.8, 4) is 0 Å². The van der Waals surface area contributed by atoms with Crippen molar-refractivity contribution in [2.45, 2.75) is 39.5 Å². The van der Waals surface area contributed by atoms with Crippen LogP contribution >= 0.6 is 0 Å². The summed E-state index contributed by atoms with van der Waals surface area (Å²) in [6, 6.07) is 0. The van der Waals surface area contributed by atoms with Crippen molar-refractivity contribution in [1.82, 2.24) is 4.90 Å². The Bertz CT molecular complexity index is 270. The van der Waals surface area contributed by atoms with Gasteiger partial charge in [0.15, 0.2) is 0 Å². The topological polar surface area (TPSA) is 20.3 Å². The first-order valence-corrected chi connectivity index (χ1v) is 6.09. The summed E-state index contributed by atoms with van der Waals surface area (Å²) in [4.78, 5) is 14.0. The van der Waals surface area contributed by atoms with Crippen molar-refractivity contribution in [3.05, 3.63) is 11.6 Å². The Morgan fingerprint density at radius 3 is 2.40 bits per heavy atom. The molecule has 0 aromatic carbocycles. The molecule has 84 valence electrons. The van der Waals surface area contributed by atoms with Crippen LogP contribution in [0.4, 0.5) is 0 Å². The van der Waals surface area contributed by atoms with Gasteiger partial charge in [-0.3, -0.25) is 4.79 Å². The highest BCUT2D eigenvalue weighted by molar-refractivity contribution is 5.81. The van der Waals surface area contributed by atoms with E-state index in [-0.39, 0.29) is 0 Å². The summed E-state index contributed by atoms with van der Waals surface area (Å²) in [6.07, 6.45) is 7.05. The lowest BCUT2D eigenvalue weighted by molar-refractivity contribution is -0.132. The van der Waals surface area contributed by atoms with Crippen LogP contribution in [0.1, 0.15) is 39.5 Å². The van der Waals surface area contributed by atoms with Crippen LogP contribution in [0.3, 0.4) is 0 Å². The SMILES string of the molecule is CC(C)=CCN(CC1CC1)C(=O)C1CC1. The fourth-order valence-corrected chi connectivity index (χ4v) is 1.75. The van der Waals surface area contributed by atoms with Crippen LogP contribution in [-0.2, 0) is 4.79 Å². The van der Waals surface area contributed by atoms with Crippen LogP contribution < -0.4 is 0 Å². The van der Waals surface area contributed by atoms with Gasteiger partial charge in [-0.1, -0.05) is 11.6 Å². The molecule has 2 saturated carbocycles. The molecule has 2 nitrogen and oxygen atoms in total. The molecule has 15 heavy (non-hydrogen) atoms. The Morgan fingerprint density at radius 2 is 1.93 bits per heavy atom. The summed E-state index contributed by atoms with van der Waals surface area (Å²) < 4.78 is 0. The van der Waals surface area contributed by atoms with Crippen LogP contribution in [0, 0.1) is 11.8 Å². The van der Waals surface area contributed by atoms with Crippen molar-refractivity contribution in [1.29, 1.82) is 0 Å². The first-order valence-electron chi connectivity index (χ1n) is 6.09. The minimum Gasteiger partial charge on any atom is -0.338 e. The van der Waals surface area contributed by atoms with Crippen LogP contribution in [-0.4, -0.2) is 23.9 Å². The Hall–Kier alpha value is -0.790. The van der Waals surface area contributed by atoms with Gasteiger partial charge in [-0.05, 0) is 45.4 Å². The lowest BCUT2D eigenvalue weighted by Gasteiger charge is -2.21. The molecule has 0 radical (unpaired) electrons. The summed E-state index contributed by atoms with van der Waals surface area (Å²) >= 11 is 0. The number of hydrogen-bond acceptors (Lipinski definition) is 1. The van der Waals surface area contributed by atoms with Gasteiger partial charge < -0.3 is 4.90 Å². The summed E-state index contributed by atoms with van der Waals surface area (Å²) in [5.74, 6) is 1.58. The molecule has 2 aliphatic rings. The Kier molecular flexibility index (Phi) is 3.13. The van der Waals surface area contributed by atoms with Crippen LogP contribution in [0.5, 0.6) is 0 Å².